The molecule has 2 unspecified atom stereocenters. The van der Waals surface area contributed by atoms with E-state index in [1.807, 2.05) is 19.1 Å². The van der Waals surface area contributed by atoms with Crippen LogP contribution in [-0.4, -0.2) is 46.9 Å². The zero-order chi connectivity index (χ0) is 13.0. The van der Waals surface area contributed by atoms with Gasteiger partial charge in [0, 0.05) is 31.4 Å². The van der Waals surface area contributed by atoms with Crippen LogP contribution in [0.15, 0.2) is 18.3 Å². The molecule has 2 rings (SSSR count). The van der Waals surface area contributed by atoms with Gasteiger partial charge < -0.3 is 15.3 Å². The number of aromatic nitrogens is 1. The maximum Gasteiger partial charge on any atom is 0.144 e. The molecule has 6 heteroatoms. The summed E-state index contributed by atoms with van der Waals surface area (Å²) in [4.78, 5) is 6.42. The third-order valence-electron chi connectivity index (χ3n) is 3.03. The van der Waals surface area contributed by atoms with E-state index in [0.29, 0.717) is 5.82 Å². The predicted molar refractivity (Wildman–Crippen MR) is 68.7 cm³/mol. The summed E-state index contributed by atoms with van der Waals surface area (Å²) < 4.78 is 5.61. The third kappa shape index (κ3) is 3.17. The van der Waals surface area contributed by atoms with E-state index in [1.54, 1.807) is 6.20 Å². The summed E-state index contributed by atoms with van der Waals surface area (Å²) >= 11 is 0. The van der Waals surface area contributed by atoms with Crippen LogP contribution < -0.4 is 11.3 Å². The molecule has 0 amide bonds. The van der Waals surface area contributed by atoms with Gasteiger partial charge in [0.15, 0.2) is 0 Å². The van der Waals surface area contributed by atoms with Crippen LogP contribution in [0.3, 0.4) is 0 Å². The van der Waals surface area contributed by atoms with Crippen LogP contribution in [0.4, 0.5) is 5.82 Å². The first-order chi connectivity index (χ1) is 8.72. The van der Waals surface area contributed by atoms with Gasteiger partial charge in [-0.25, -0.2) is 10.8 Å². The highest BCUT2D eigenvalue weighted by molar-refractivity contribution is 5.42. The van der Waals surface area contributed by atoms with Gasteiger partial charge in [0.05, 0.1) is 18.8 Å². The van der Waals surface area contributed by atoms with E-state index in [-0.39, 0.29) is 18.8 Å². The van der Waals surface area contributed by atoms with Crippen LogP contribution in [0.2, 0.25) is 0 Å². The lowest BCUT2D eigenvalue weighted by molar-refractivity contribution is -0.0972. The summed E-state index contributed by atoms with van der Waals surface area (Å²) in [5, 5.41) is 9.20. The molecule has 0 aliphatic carbocycles. The number of hydrogen-bond donors (Lipinski definition) is 3. The number of morpholine rings is 1. The molecule has 18 heavy (non-hydrogen) atoms. The third-order valence-corrected chi connectivity index (χ3v) is 3.03. The molecule has 0 saturated carbocycles. The maximum absolute atomic E-state index is 9.20. The zero-order valence-electron chi connectivity index (χ0n) is 10.5. The minimum Gasteiger partial charge on any atom is -0.394 e. The van der Waals surface area contributed by atoms with Gasteiger partial charge in [-0.15, -0.1) is 0 Å². The Hall–Kier alpha value is -1.21. The molecule has 6 nitrogen and oxygen atoms in total. The van der Waals surface area contributed by atoms with Gasteiger partial charge >= 0.3 is 0 Å². The normalized spacial score (nSPS) is 25.1. The fraction of sp³-hybridized carbons (Fsp3) is 0.583. The molecule has 0 spiro atoms. The standard InChI is InChI=1S/C12H20N4O2/c1-9-5-16(7-11(8-17)18-9)6-10-3-2-4-14-12(10)15-13/h2-4,9,11,17H,5-8,13H2,1H3,(H,14,15). The molecular weight excluding hydrogens is 232 g/mol. The topological polar surface area (TPSA) is 83.6 Å². The Kier molecular flexibility index (Phi) is 4.48. The van der Waals surface area contributed by atoms with Crippen LogP contribution >= 0.6 is 0 Å². The summed E-state index contributed by atoms with van der Waals surface area (Å²) in [6, 6.07) is 3.89. The number of hydrogen-bond acceptors (Lipinski definition) is 6. The molecule has 1 saturated heterocycles. The SMILES string of the molecule is CC1CN(Cc2cccnc2NN)CC(CO)O1. The van der Waals surface area contributed by atoms with E-state index in [1.165, 1.54) is 0 Å². The number of ether oxygens (including phenoxy) is 1. The van der Waals surface area contributed by atoms with Crippen LogP contribution in [0.25, 0.3) is 0 Å². The molecule has 2 heterocycles. The van der Waals surface area contributed by atoms with Gasteiger partial charge in [0.25, 0.3) is 0 Å². The number of hydrazine groups is 1. The summed E-state index contributed by atoms with van der Waals surface area (Å²) in [5.74, 6) is 6.13. The highest BCUT2D eigenvalue weighted by Crippen LogP contribution is 2.17. The van der Waals surface area contributed by atoms with Crippen molar-refractivity contribution in [2.75, 3.05) is 25.1 Å². The lowest BCUT2D eigenvalue weighted by Gasteiger charge is -2.36. The first-order valence-electron chi connectivity index (χ1n) is 6.12. The van der Waals surface area contributed by atoms with Crippen LogP contribution in [-0.2, 0) is 11.3 Å². The van der Waals surface area contributed by atoms with Gasteiger partial charge in [-0.05, 0) is 13.0 Å². The highest BCUT2D eigenvalue weighted by Gasteiger charge is 2.25. The molecule has 100 valence electrons. The Labute approximate surface area is 107 Å². The van der Waals surface area contributed by atoms with Crippen molar-refractivity contribution in [1.82, 2.24) is 9.88 Å². The van der Waals surface area contributed by atoms with Gasteiger partial charge in [-0.2, -0.15) is 0 Å². The fourth-order valence-corrected chi connectivity index (χ4v) is 2.31. The van der Waals surface area contributed by atoms with Gasteiger partial charge in [-0.3, -0.25) is 4.90 Å². The van der Waals surface area contributed by atoms with E-state index in [9.17, 15) is 5.11 Å². The number of nitrogens with two attached hydrogens (primary N) is 1. The Balaban J connectivity index is 2.04. The van der Waals surface area contributed by atoms with E-state index >= 15 is 0 Å². The predicted octanol–water partition coefficient (Wildman–Crippen LogP) is -0.0512. The summed E-state index contributed by atoms with van der Waals surface area (Å²) in [6.07, 6.45) is 1.72. The second kappa shape index (κ2) is 6.10. The zero-order valence-corrected chi connectivity index (χ0v) is 10.5. The molecule has 2 atom stereocenters. The van der Waals surface area contributed by atoms with Crippen molar-refractivity contribution in [3.8, 4) is 0 Å². The average molecular weight is 252 g/mol. The monoisotopic (exact) mass is 252 g/mol. The number of aliphatic hydroxyl groups excluding tert-OH is 1. The van der Waals surface area contributed by atoms with Crippen molar-refractivity contribution in [2.24, 2.45) is 5.84 Å². The van der Waals surface area contributed by atoms with Gasteiger partial charge in [0.2, 0.25) is 0 Å². The van der Waals surface area contributed by atoms with Crippen molar-refractivity contribution in [1.29, 1.82) is 0 Å². The van der Waals surface area contributed by atoms with E-state index in [0.717, 1.165) is 25.2 Å². The maximum atomic E-state index is 9.20. The van der Waals surface area contributed by atoms with Gasteiger partial charge in [-0.1, -0.05) is 6.07 Å². The lowest BCUT2D eigenvalue weighted by Crippen LogP contribution is -2.47. The number of nitrogen functional groups attached to an aromatic ring is 1. The van der Waals surface area contributed by atoms with Crippen molar-refractivity contribution in [3.05, 3.63) is 23.9 Å². The Morgan fingerprint density at radius 3 is 3.17 bits per heavy atom. The summed E-state index contributed by atoms with van der Waals surface area (Å²) in [5.41, 5.74) is 3.65. The number of anilines is 1. The number of pyridine rings is 1. The molecule has 1 aliphatic rings. The van der Waals surface area contributed by atoms with Crippen molar-refractivity contribution in [3.63, 3.8) is 0 Å². The molecule has 1 aliphatic heterocycles. The highest BCUT2D eigenvalue weighted by atomic mass is 16.5. The Morgan fingerprint density at radius 1 is 1.61 bits per heavy atom. The number of aliphatic hydroxyl groups is 1. The van der Waals surface area contributed by atoms with Crippen LogP contribution in [0, 0.1) is 0 Å². The summed E-state index contributed by atoms with van der Waals surface area (Å²) in [7, 11) is 0. The first-order valence-corrected chi connectivity index (χ1v) is 6.12. The second-order valence-corrected chi connectivity index (χ2v) is 4.60. The molecule has 4 N–H and O–H groups in total. The number of nitrogens with one attached hydrogen (secondary N) is 1. The lowest BCUT2D eigenvalue weighted by atomic mass is 10.2. The molecule has 0 radical (unpaired) electrons. The summed E-state index contributed by atoms with van der Waals surface area (Å²) in [6.45, 7) is 4.38. The first kappa shape index (κ1) is 13.2. The molecule has 1 fully saturated rings. The quantitative estimate of drug-likeness (QED) is 0.515. The average Bonchev–Trinajstić information content (AvgIpc) is 2.38. The van der Waals surface area contributed by atoms with Crippen molar-refractivity contribution >= 4 is 5.82 Å². The second-order valence-electron chi connectivity index (χ2n) is 4.60. The minimum atomic E-state index is -0.111. The molecule has 1 aromatic rings. The molecular formula is C12H20N4O2. The van der Waals surface area contributed by atoms with E-state index < -0.39 is 0 Å². The smallest absolute Gasteiger partial charge is 0.144 e. The van der Waals surface area contributed by atoms with Crippen molar-refractivity contribution < 1.29 is 9.84 Å². The minimum absolute atomic E-state index is 0.0515. The van der Waals surface area contributed by atoms with E-state index in [2.05, 4.69) is 15.3 Å². The van der Waals surface area contributed by atoms with E-state index in [4.69, 9.17) is 10.6 Å². The largest absolute Gasteiger partial charge is 0.394 e. The molecule has 0 bridgehead atoms. The van der Waals surface area contributed by atoms with Crippen LogP contribution in [0.1, 0.15) is 12.5 Å². The molecule has 1 aromatic heterocycles. The Bertz CT molecular complexity index is 388. The number of nitrogens with zero attached hydrogens (tertiary/aromatic N) is 2. The fourth-order valence-electron chi connectivity index (χ4n) is 2.31. The van der Waals surface area contributed by atoms with Crippen LogP contribution in [0.5, 0.6) is 0 Å². The van der Waals surface area contributed by atoms with Gasteiger partial charge in [0.1, 0.15) is 5.82 Å². The van der Waals surface area contributed by atoms with Crippen molar-refractivity contribution in [2.45, 2.75) is 25.7 Å². The molecule has 0 aromatic carbocycles. The Morgan fingerprint density at radius 2 is 2.44 bits per heavy atom. The number of rotatable bonds is 4.